The van der Waals surface area contributed by atoms with Crippen molar-refractivity contribution in [3.8, 4) is 11.5 Å². The molecule has 1 heterocycles. The summed E-state index contributed by atoms with van der Waals surface area (Å²) in [5, 5.41) is 11.6. The predicted octanol–water partition coefficient (Wildman–Crippen LogP) is 5.23. The van der Waals surface area contributed by atoms with Gasteiger partial charge in [0.1, 0.15) is 17.3 Å². The van der Waals surface area contributed by atoms with Crippen LogP contribution >= 0.6 is 23.2 Å². The van der Waals surface area contributed by atoms with Crippen LogP contribution in [0.15, 0.2) is 42.0 Å². The summed E-state index contributed by atoms with van der Waals surface area (Å²) in [4.78, 5) is 27.3. The molecule has 1 fully saturated rings. The van der Waals surface area contributed by atoms with Crippen molar-refractivity contribution < 1.29 is 24.2 Å². The van der Waals surface area contributed by atoms with Crippen molar-refractivity contribution in [3.63, 3.8) is 0 Å². The first-order valence-electron chi connectivity index (χ1n) is 9.88. The highest BCUT2D eigenvalue weighted by Gasteiger charge is 2.46. The van der Waals surface area contributed by atoms with Gasteiger partial charge in [0.05, 0.1) is 35.9 Å². The molecular formula is C23H23Cl2NO5. The van der Waals surface area contributed by atoms with Gasteiger partial charge in [-0.05, 0) is 43.2 Å². The molecule has 1 saturated heterocycles. The maximum Gasteiger partial charge on any atom is 0.295 e. The number of nitrogens with zero attached hydrogens (tertiary/aromatic N) is 1. The number of aliphatic hydroxyl groups excluding tert-OH is 1. The highest BCUT2D eigenvalue weighted by Crippen LogP contribution is 2.43. The van der Waals surface area contributed by atoms with Crippen molar-refractivity contribution in [3.05, 3.63) is 63.1 Å². The number of ether oxygens (including phenoxy) is 2. The van der Waals surface area contributed by atoms with Crippen LogP contribution in [0, 0.1) is 0 Å². The summed E-state index contributed by atoms with van der Waals surface area (Å²) in [6.07, 6.45) is 0.640. The van der Waals surface area contributed by atoms with Gasteiger partial charge < -0.3 is 19.5 Å². The van der Waals surface area contributed by atoms with Crippen LogP contribution in [0.1, 0.15) is 37.4 Å². The topological polar surface area (TPSA) is 76.1 Å². The second kappa shape index (κ2) is 9.62. The maximum atomic E-state index is 13.0. The van der Waals surface area contributed by atoms with Gasteiger partial charge in [0.2, 0.25) is 0 Å². The Labute approximate surface area is 191 Å². The van der Waals surface area contributed by atoms with Crippen molar-refractivity contribution in [1.82, 2.24) is 4.90 Å². The second-order valence-electron chi connectivity index (χ2n) is 6.97. The van der Waals surface area contributed by atoms with Gasteiger partial charge in [0, 0.05) is 11.6 Å². The molecule has 31 heavy (non-hydrogen) atoms. The molecule has 0 spiro atoms. The van der Waals surface area contributed by atoms with Gasteiger partial charge in [-0.1, -0.05) is 42.3 Å². The van der Waals surface area contributed by atoms with Gasteiger partial charge in [0.15, 0.2) is 0 Å². The third kappa shape index (κ3) is 4.36. The monoisotopic (exact) mass is 463 g/mol. The third-order valence-electron chi connectivity index (χ3n) is 4.96. The predicted molar refractivity (Wildman–Crippen MR) is 120 cm³/mol. The molecule has 1 N–H and O–H groups in total. The number of carbonyl (C=O) groups is 2. The number of aliphatic hydroxyl groups is 1. The molecule has 3 rings (SSSR count). The molecule has 0 bridgehead atoms. The fraction of sp³-hybridized carbons (Fsp3) is 0.304. The van der Waals surface area contributed by atoms with Crippen LogP contribution in [-0.2, 0) is 9.59 Å². The normalized spacial score (nSPS) is 17.8. The van der Waals surface area contributed by atoms with Gasteiger partial charge in [0.25, 0.3) is 11.7 Å². The van der Waals surface area contributed by atoms with Crippen LogP contribution in [0.4, 0.5) is 0 Å². The minimum Gasteiger partial charge on any atom is -0.507 e. The van der Waals surface area contributed by atoms with E-state index in [1.54, 1.807) is 24.3 Å². The molecule has 1 amide bonds. The summed E-state index contributed by atoms with van der Waals surface area (Å²) in [6, 6.07) is 9.25. The van der Waals surface area contributed by atoms with Crippen LogP contribution < -0.4 is 9.47 Å². The number of Topliss-reactive ketones (excluding diaryl/α,β-unsaturated/α-hetero) is 1. The van der Waals surface area contributed by atoms with E-state index < -0.39 is 23.5 Å². The standard InChI is InChI=1S/C23H23Cl2NO5/c1-4-9-26-19(13-7-6-8-15(10-13)31-5-2)18(21(28)23(26)29)20(27)16-11-14(24)12-17(25)22(16)30-3/h6-8,10-12,19,27H,4-5,9H2,1-3H3/b20-18+. The van der Waals surface area contributed by atoms with Crippen molar-refractivity contribution in [1.29, 1.82) is 0 Å². The lowest BCUT2D eigenvalue weighted by molar-refractivity contribution is -0.139. The number of hydrogen-bond acceptors (Lipinski definition) is 5. The average molecular weight is 464 g/mol. The number of hydrogen-bond donors (Lipinski definition) is 1. The van der Waals surface area contributed by atoms with Crippen LogP contribution in [0.3, 0.4) is 0 Å². The Hall–Kier alpha value is -2.70. The summed E-state index contributed by atoms with van der Waals surface area (Å²) < 4.78 is 10.9. The minimum atomic E-state index is -0.789. The Morgan fingerprint density at radius 1 is 1.16 bits per heavy atom. The highest BCUT2D eigenvalue weighted by atomic mass is 35.5. The molecule has 2 aromatic carbocycles. The van der Waals surface area contributed by atoms with Crippen molar-refractivity contribution in [2.45, 2.75) is 26.3 Å². The van der Waals surface area contributed by atoms with Gasteiger partial charge in [-0.2, -0.15) is 0 Å². The van der Waals surface area contributed by atoms with E-state index in [9.17, 15) is 14.7 Å². The number of methoxy groups -OCH3 is 1. The Bertz CT molecular complexity index is 1050. The van der Waals surface area contributed by atoms with E-state index >= 15 is 0 Å². The van der Waals surface area contributed by atoms with Gasteiger partial charge in [-0.15, -0.1) is 0 Å². The van der Waals surface area contributed by atoms with E-state index in [-0.39, 0.29) is 26.9 Å². The van der Waals surface area contributed by atoms with Gasteiger partial charge in [-0.25, -0.2) is 0 Å². The molecule has 2 aromatic rings. The third-order valence-corrected chi connectivity index (χ3v) is 5.46. The minimum absolute atomic E-state index is 0.0521. The summed E-state index contributed by atoms with van der Waals surface area (Å²) in [6.45, 7) is 4.59. The smallest absolute Gasteiger partial charge is 0.295 e. The van der Waals surface area contributed by atoms with Crippen LogP contribution in [0.5, 0.6) is 11.5 Å². The molecule has 1 aliphatic heterocycles. The molecule has 1 unspecified atom stereocenters. The molecule has 6 nitrogen and oxygen atoms in total. The number of carbonyl (C=O) groups excluding carboxylic acids is 2. The Morgan fingerprint density at radius 3 is 2.55 bits per heavy atom. The molecule has 0 radical (unpaired) electrons. The molecule has 1 atom stereocenters. The van der Waals surface area contributed by atoms with Gasteiger partial charge >= 0.3 is 0 Å². The Kier molecular flexibility index (Phi) is 7.13. The molecule has 0 aliphatic carbocycles. The van der Waals surface area contributed by atoms with Crippen molar-refractivity contribution >= 4 is 40.7 Å². The number of amides is 1. The Balaban J connectivity index is 2.26. The zero-order valence-electron chi connectivity index (χ0n) is 17.4. The zero-order chi connectivity index (χ0) is 22.7. The summed E-state index contributed by atoms with van der Waals surface area (Å²) in [5.74, 6) is -1.10. The first kappa shape index (κ1) is 23.0. The fourth-order valence-corrected chi connectivity index (χ4v) is 4.30. The summed E-state index contributed by atoms with van der Waals surface area (Å²) >= 11 is 12.3. The number of halogens is 2. The van der Waals surface area contributed by atoms with Crippen LogP contribution in [0.2, 0.25) is 10.0 Å². The zero-order valence-corrected chi connectivity index (χ0v) is 19.0. The summed E-state index contributed by atoms with van der Waals surface area (Å²) in [5.41, 5.74) is 0.733. The highest BCUT2D eigenvalue weighted by molar-refractivity contribution is 6.46. The van der Waals surface area contributed by atoms with Crippen LogP contribution in [-0.4, -0.2) is 42.0 Å². The van der Waals surface area contributed by atoms with Crippen molar-refractivity contribution in [2.24, 2.45) is 0 Å². The lowest BCUT2D eigenvalue weighted by atomic mass is 9.94. The van der Waals surface area contributed by atoms with Crippen molar-refractivity contribution in [2.75, 3.05) is 20.3 Å². The van der Waals surface area contributed by atoms with E-state index in [1.165, 1.54) is 24.1 Å². The van der Waals surface area contributed by atoms with Gasteiger partial charge in [-0.3, -0.25) is 9.59 Å². The van der Waals surface area contributed by atoms with E-state index in [0.717, 1.165) is 0 Å². The lowest BCUT2D eigenvalue weighted by Crippen LogP contribution is -2.30. The van der Waals surface area contributed by atoms with Crippen LogP contribution in [0.25, 0.3) is 5.76 Å². The maximum absolute atomic E-state index is 13.0. The number of benzene rings is 2. The number of likely N-dealkylation sites (tertiary alicyclic amines) is 1. The second-order valence-corrected chi connectivity index (χ2v) is 7.81. The van der Waals surface area contributed by atoms with E-state index in [1.807, 2.05) is 13.8 Å². The quantitative estimate of drug-likeness (QED) is 0.345. The van der Waals surface area contributed by atoms with E-state index in [4.69, 9.17) is 32.7 Å². The Morgan fingerprint density at radius 2 is 1.90 bits per heavy atom. The SMILES string of the molecule is CCCN1C(=O)C(=O)/C(=C(/O)c2cc(Cl)cc(Cl)c2OC)C1c1cccc(OCC)c1. The largest absolute Gasteiger partial charge is 0.507 e. The number of ketones is 1. The number of rotatable bonds is 7. The molecule has 1 aliphatic rings. The fourth-order valence-electron chi connectivity index (χ4n) is 3.73. The van der Waals surface area contributed by atoms with E-state index in [2.05, 4.69) is 0 Å². The molecule has 8 heteroatoms. The molecule has 164 valence electrons. The summed E-state index contributed by atoms with van der Waals surface area (Å²) in [7, 11) is 1.39. The van der Waals surface area contributed by atoms with E-state index in [0.29, 0.717) is 30.9 Å². The molecule has 0 aromatic heterocycles. The molecular weight excluding hydrogens is 441 g/mol. The first-order chi connectivity index (χ1) is 14.8. The molecule has 0 saturated carbocycles. The lowest BCUT2D eigenvalue weighted by Gasteiger charge is -2.25. The average Bonchev–Trinajstić information content (AvgIpc) is 2.98. The first-order valence-corrected chi connectivity index (χ1v) is 10.6.